The average molecular weight is 179 g/mol. The number of pyridine rings is 1. The topological polar surface area (TPSA) is 44.0 Å². The van der Waals surface area contributed by atoms with Crippen LogP contribution in [0.1, 0.15) is 24.9 Å². The molecule has 1 aromatic rings. The summed E-state index contributed by atoms with van der Waals surface area (Å²) in [6.45, 7) is 3.85. The second kappa shape index (κ2) is 4.03. The zero-order chi connectivity index (χ0) is 9.84. The summed E-state index contributed by atoms with van der Waals surface area (Å²) < 4.78 is 1.86. The lowest BCUT2D eigenvalue weighted by Gasteiger charge is -2.07. The molecular weight excluding hydrogens is 166 g/mol. The highest BCUT2D eigenvalue weighted by atomic mass is 16.4. The van der Waals surface area contributed by atoms with E-state index >= 15 is 0 Å². The van der Waals surface area contributed by atoms with E-state index in [-0.39, 0.29) is 12.5 Å². The number of aryl methyl sites for hydroxylation is 1. The zero-order valence-electron chi connectivity index (χ0n) is 7.86. The number of hydrogen-bond acceptors (Lipinski definition) is 2. The predicted molar refractivity (Wildman–Crippen MR) is 45.7 cm³/mol. The molecule has 0 aliphatic carbocycles. The highest BCUT2D eigenvalue weighted by molar-refractivity contribution is 5.64. The van der Waals surface area contributed by atoms with Gasteiger partial charge in [-0.1, -0.05) is 0 Å². The van der Waals surface area contributed by atoms with Crippen LogP contribution in [0.5, 0.6) is 0 Å². The fourth-order valence-electron chi connectivity index (χ4n) is 1.15. The van der Waals surface area contributed by atoms with Gasteiger partial charge in [-0.15, -0.1) is 0 Å². The highest BCUT2D eigenvalue weighted by Crippen LogP contribution is 2.00. The molecule has 1 unspecified atom stereocenters. The van der Waals surface area contributed by atoms with Gasteiger partial charge >= 0.3 is 0 Å². The van der Waals surface area contributed by atoms with E-state index in [1.165, 1.54) is 0 Å². The van der Waals surface area contributed by atoms with Crippen LogP contribution < -0.4 is 9.67 Å². The van der Waals surface area contributed by atoms with Crippen molar-refractivity contribution < 1.29 is 14.5 Å². The Balaban J connectivity index is 2.71. The van der Waals surface area contributed by atoms with Crippen LogP contribution in [0.4, 0.5) is 0 Å². The maximum Gasteiger partial charge on any atom is 0.169 e. The summed E-state index contributed by atoms with van der Waals surface area (Å²) in [5, 5.41) is 10.3. The molecule has 0 aliphatic rings. The Hall–Kier alpha value is -1.38. The minimum atomic E-state index is -1.01. The van der Waals surface area contributed by atoms with Gasteiger partial charge in [0, 0.05) is 24.5 Å². The molecule has 0 aliphatic heterocycles. The Morgan fingerprint density at radius 2 is 2.08 bits per heavy atom. The number of rotatable bonds is 3. The van der Waals surface area contributed by atoms with Crippen molar-refractivity contribution in [1.82, 2.24) is 0 Å². The molecule has 1 heterocycles. The van der Waals surface area contributed by atoms with Gasteiger partial charge in [0.25, 0.3) is 0 Å². The molecule has 0 radical (unpaired) electrons. The lowest BCUT2D eigenvalue weighted by atomic mass is 10.2. The Morgan fingerprint density at radius 1 is 1.54 bits per heavy atom. The van der Waals surface area contributed by atoms with Crippen LogP contribution in [-0.2, 0) is 4.79 Å². The Kier molecular flexibility index (Phi) is 3.01. The first-order valence-electron chi connectivity index (χ1n) is 4.27. The molecule has 0 amide bonds. The number of aliphatic carboxylic acids is 1. The van der Waals surface area contributed by atoms with Gasteiger partial charge in [-0.2, -0.15) is 0 Å². The molecule has 1 rings (SSSR count). The highest BCUT2D eigenvalue weighted by Gasteiger charge is 2.11. The summed E-state index contributed by atoms with van der Waals surface area (Å²) in [5.41, 5.74) is 1.16. The molecule has 0 saturated carbocycles. The summed E-state index contributed by atoms with van der Waals surface area (Å²) in [6.07, 6.45) is 3.81. The fraction of sp³-hybridized carbons (Fsp3) is 0.400. The number of nitrogens with zero attached hydrogens (tertiary/aromatic N) is 1. The Morgan fingerprint density at radius 3 is 2.54 bits per heavy atom. The quantitative estimate of drug-likeness (QED) is 0.612. The normalized spacial score (nSPS) is 12.5. The minimum absolute atomic E-state index is 0.0493. The van der Waals surface area contributed by atoms with Crippen LogP contribution in [0.3, 0.4) is 0 Å². The summed E-state index contributed by atoms with van der Waals surface area (Å²) in [4.78, 5) is 10.3. The van der Waals surface area contributed by atoms with E-state index in [0.717, 1.165) is 5.56 Å². The van der Waals surface area contributed by atoms with Crippen LogP contribution >= 0.6 is 0 Å². The van der Waals surface area contributed by atoms with Gasteiger partial charge in [-0.05, 0) is 19.4 Å². The second-order valence-corrected chi connectivity index (χ2v) is 3.25. The van der Waals surface area contributed by atoms with Gasteiger partial charge in [0.2, 0.25) is 0 Å². The second-order valence-electron chi connectivity index (χ2n) is 3.25. The lowest BCUT2D eigenvalue weighted by Crippen LogP contribution is -2.40. The number of carbonyl (C=O) groups excluding carboxylic acids is 1. The maximum absolute atomic E-state index is 10.3. The molecule has 0 N–H and O–H groups in total. The smallest absolute Gasteiger partial charge is 0.169 e. The van der Waals surface area contributed by atoms with Crippen molar-refractivity contribution in [3.63, 3.8) is 0 Å². The zero-order valence-corrected chi connectivity index (χ0v) is 7.86. The Labute approximate surface area is 77.6 Å². The molecule has 70 valence electrons. The SMILES string of the molecule is Cc1cc[n+](C(C)CC(=O)[O-])cc1. The largest absolute Gasteiger partial charge is 0.550 e. The molecule has 0 aromatic carbocycles. The number of carboxylic acids is 1. The molecule has 3 nitrogen and oxygen atoms in total. The monoisotopic (exact) mass is 179 g/mol. The van der Waals surface area contributed by atoms with E-state index in [1.54, 1.807) is 0 Å². The first-order chi connectivity index (χ1) is 6.09. The van der Waals surface area contributed by atoms with Crippen molar-refractivity contribution >= 4 is 5.97 Å². The molecule has 0 spiro atoms. The lowest BCUT2D eigenvalue weighted by molar-refractivity contribution is -0.719. The first-order valence-corrected chi connectivity index (χ1v) is 4.27. The van der Waals surface area contributed by atoms with Crippen LogP contribution in [0, 0.1) is 6.92 Å². The third kappa shape index (κ3) is 2.86. The number of aromatic nitrogens is 1. The van der Waals surface area contributed by atoms with Crippen LogP contribution in [0.25, 0.3) is 0 Å². The van der Waals surface area contributed by atoms with Crippen molar-refractivity contribution in [3.05, 3.63) is 30.1 Å². The first kappa shape index (κ1) is 9.71. The summed E-state index contributed by atoms with van der Waals surface area (Å²) in [5.74, 6) is -1.01. The molecule has 13 heavy (non-hydrogen) atoms. The Bertz CT molecular complexity index is 292. The summed E-state index contributed by atoms with van der Waals surface area (Å²) in [6, 6.07) is 3.85. The number of hydrogen-bond donors (Lipinski definition) is 0. The molecule has 0 saturated heterocycles. The van der Waals surface area contributed by atoms with E-state index < -0.39 is 5.97 Å². The van der Waals surface area contributed by atoms with Crippen molar-refractivity contribution in [2.24, 2.45) is 0 Å². The molecule has 1 atom stereocenters. The van der Waals surface area contributed by atoms with E-state index in [4.69, 9.17) is 0 Å². The van der Waals surface area contributed by atoms with Gasteiger partial charge in [-0.3, -0.25) is 0 Å². The maximum atomic E-state index is 10.3. The molecule has 1 aromatic heterocycles. The van der Waals surface area contributed by atoms with E-state index in [2.05, 4.69) is 0 Å². The summed E-state index contributed by atoms with van der Waals surface area (Å²) >= 11 is 0. The standard InChI is InChI=1S/C10H13NO2/c1-8-3-5-11(6-4-8)9(2)7-10(12)13/h3-6,9H,7H2,1-2H3. The molecule has 3 heteroatoms. The van der Waals surface area contributed by atoms with Crippen LogP contribution in [0.15, 0.2) is 24.5 Å². The van der Waals surface area contributed by atoms with Crippen molar-refractivity contribution in [2.75, 3.05) is 0 Å². The van der Waals surface area contributed by atoms with Gasteiger partial charge in [0.05, 0.1) is 0 Å². The van der Waals surface area contributed by atoms with Gasteiger partial charge in [-0.25, -0.2) is 4.57 Å². The van der Waals surface area contributed by atoms with Crippen LogP contribution in [0.2, 0.25) is 0 Å². The van der Waals surface area contributed by atoms with Gasteiger partial charge in [0.1, 0.15) is 0 Å². The van der Waals surface area contributed by atoms with Gasteiger partial charge in [0.15, 0.2) is 18.4 Å². The fourth-order valence-corrected chi connectivity index (χ4v) is 1.15. The van der Waals surface area contributed by atoms with Gasteiger partial charge < -0.3 is 9.90 Å². The summed E-state index contributed by atoms with van der Waals surface area (Å²) in [7, 11) is 0. The van der Waals surface area contributed by atoms with E-state index in [0.29, 0.717) is 0 Å². The number of carboxylic acid groups (broad SMARTS) is 1. The third-order valence-electron chi connectivity index (χ3n) is 1.99. The predicted octanol–water partition coefficient (Wildman–Crippen LogP) is -0.0165. The van der Waals surface area contributed by atoms with Crippen LogP contribution in [-0.4, -0.2) is 5.97 Å². The van der Waals surface area contributed by atoms with Crippen molar-refractivity contribution in [3.8, 4) is 0 Å². The third-order valence-corrected chi connectivity index (χ3v) is 1.99. The van der Waals surface area contributed by atoms with Crippen molar-refractivity contribution in [1.29, 1.82) is 0 Å². The van der Waals surface area contributed by atoms with Crippen molar-refractivity contribution in [2.45, 2.75) is 26.3 Å². The van der Waals surface area contributed by atoms with E-state index in [1.807, 2.05) is 42.9 Å². The average Bonchev–Trinajstić information content (AvgIpc) is 2.04. The molecule has 0 fully saturated rings. The molecular formula is C10H13NO2. The van der Waals surface area contributed by atoms with E-state index in [9.17, 15) is 9.90 Å². The minimum Gasteiger partial charge on any atom is -0.550 e. The number of carbonyl (C=O) groups is 1. The molecule has 0 bridgehead atoms.